The van der Waals surface area contributed by atoms with E-state index in [1.54, 1.807) is 37.3 Å². The van der Waals surface area contributed by atoms with Crippen molar-refractivity contribution in [3.05, 3.63) is 46.7 Å². The lowest BCUT2D eigenvalue weighted by Crippen LogP contribution is -2.16. The van der Waals surface area contributed by atoms with E-state index in [2.05, 4.69) is 10.3 Å². The molecule has 0 bridgehead atoms. The van der Waals surface area contributed by atoms with Gasteiger partial charge in [0.1, 0.15) is 16.5 Å². The normalized spacial score (nSPS) is 10.2. The number of halogens is 1. The summed E-state index contributed by atoms with van der Waals surface area (Å²) in [4.78, 5) is 16.4. The van der Waals surface area contributed by atoms with Gasteiger partial charge in [0.25, 0.3) is 5.91 Å². The zero-order valence-corrected chi connectivity index (χ0v) is 11.9. The molecular weight excluding hydrogens is 278 g/mol. The van der Waals surface area contributed by atoms with E-state index < -0.39 is 0 Å². The summed E-state index contributed by atoms with van der Waals surface area (Å²) >= 11 is 5.78. The first-order chi connectivity index (χ1) is 9.52. The van der Waals surface area contributed by atoms with Crippen LogP contribution in [0.2, 0.25) is 5.15 Å². The van der Waals surface area contributed by atoms with Crippen LogP contribution in [-0.4, -0.2) is 18.0 Å². The third-order valence-electron chi connectivity index (χ3n) is 2.81. The number of pyridine rings is 1. The molecule has 0 aliphatic carbocycles. The maximum atomic E-state index is 12.3. The van der Waals surface area contributed by atoms with Gasteiger partial charge in [0.2, 0.25) is 0 Å². The molecule has 2 rings (SSSR count). The number of nitrogens with zero attached hydrogens (tertiary/aromatic N) is 1. The first kappa shape index (κ1) is 14.1. The van der Waals surface area contributed by atoms with Crippen molar-refractivity contribution in [1.29, 1.82) is 0 Å². The minimum absolute atomic E-state index is 0.296. The summed E-state index contributed by atoms with van der Waals surface area (Å²) in [5, 5.41) is 3.12. The van der Waals surface area contributed by atoms with E-state index >= 15 is 0 Å². The van der Waals surface area contributed by atoms with Crippen molar-refractivity contribution in [3.8, 4) is 5.75 Å². The number of hydrogen-bond donors (Lipinski definition) is 2. The van der Waals surface area contributed by atoms with Crippen LogP contribution in [-0.2, 0) is 0 Å². The molecule has 0 saturated carbocycles. The Labute approximate surface area is 121 Å². The Balaban J connectivity index is 2.33. The molecule has 1 aromatic heterocycles. The molecule has 0 spiro atoms. The lowest BCUT2D eigenvalue weighted by molar-refractivity contribution is 0.102. The van der Waals surface area contributed by atoms with Crippen molar-refractivity contribution in [1.82, 2.24) is 4.98 Å². The molecule has 1 heterocycles. The average molecular weight is 292 g/mol. The van der Waals surface area contributed by atoms with Crippen LogP contribution in [0.15, 0.2) is 30.3 Å². The van der Waals surface area contributed by atoms with Crippen LogP contribution in [0.3, 0.4) is 0 Å². The number of aryl methyl sites for hydroxylation is 1. The van der Waals surface area contributed by atoms with Crippen molar-refractivity contribution in [2.75, 3.05) is 18.2 Å². The molecule has 0 radical (unpaired) electrons. The molecule has 3 N–H and O–H groups in total. The van der Waals surface area contributed by atoms with Crippen LogP contribution >= 0.6 is 11.6 Å². The summed E-state index contributed by atoms with van der Waals surface area (Å²) in [6.45, 7) is 1.76. The number of ether oxygens (including phenoxy) is 1. The monoisotopic (exact) mass is 291 g/mol. The number of nitrogen functional groups attached to an aromatic ring is 1. The van der Waals surface area contributed by atoms with Crippen LogP contribution in [0.25, 0.3) is 0 Å². The van der Waals surface area contributed by atoms with E-state index in [0.29, 0.717) is 33.5 Å². The summed E-state index contributed by atoms with van der Waals surface area (Å²) in [5.74, 6) is 0.0641. The molecule has 104 valence electrons. The Hall–Kier alpha value is -2.27. The van der Waals surface area contributed by atoms with Gasteiger partial charge >= 0.3 is 0 Å². The Bertz CT molecular complexity index is 659. The maximum Gasteiger partial charge on any atom is 0.261 e. The molecule has 5 nitrogen and oxygen atoms in total. The molecule has 0 unspecified atom stereocenters. The first-order valence-electron chi connectivity index (χ1n) is 5.90. The number of benzene rings is 1. The van der Waals surface area contributed by atoms with E-state index in [-0.39, 0.29) is 5.91 Å². The highest BCUT2D eigenvalue weighted by Gasteiger charge is 2.16. The van der Waals surface area contributed by atoms with Crippen LogP contribution < -0.4 is 15.8 Å². The maximum absolute atomic E-state index is 12.3. The molecule has 1 aromatic carbocycles. The molecule has 6 heteroatoms. The fourth-order valence-electron chi connectivity index (χ4n) is 1.81. The highest BCUT2D eigenvalue weighted by molar-refractivity contribution is 6.29. The Morgan fingerprint density at radius 3 is 2.75 bits per heavy atom. The number of rotatable bonds is 3. The number of aromatic nitrogens is 1. The molecule has 0 fully saturated rings. The zero-order chi connectivity index (χ0) is 14.7. The largest absolute Gasteiger partial charge is 0.496 e. The third-order valence-corrected chi connectivity index (χ3v) is 3.02. The van der Waals surface area contributed by atoms with Crippen LogP contribution in [0, 0.1) is 6.92 Å². The predicted octanol–water partition coefficient (Wildman–Crippen LogP) is 2.89. The summed E-state index contributed by atoms with van der Waals surface area (Å²) in [7, 11) is 1.49. The van der Waals surface area contributed by atoms with Crippen molar-refractivity contribution < 1.29 is 9.53 Å². The first-order valence-corrected chi connectivity index (χ1v) is 6.27. The van der Waals surface area contributed by atoms with E-state index in [4.69, 9.17) is 22.1 Å². The molecule has 1 amide bonds. The van der Waals surface area contributed by atoms with Gasteiger partial charge in [-0.05, 0) is 31.2 Å². The fraction of sp³-hybridized carbons (Fsp3) is 0.143. The van der Waals surface area contributed by atoms with E-state index in [0.717, 1.165) is 0 Å². The van der Waals surface area contributed by atoms with Gasteiger partial charge < -0.3 is 15.8 Å². The van der Waals surface area contributed by atoms with Crippen LogP contribution in [0.5, 0.6) is 5.75 Å². The van der Waals surface area contributed by atoms with Crippen molar-refractivity contribution in [2.24, 2.45) is 0 Å². The number of anilines is 2. The van der Waals surface area contributed by atoms with Crippen LogP contribution in [0.4, 0.5) is 11.4 Å². The molecule has 0 saturated heterocycles. The fourth-order valence-corrected chi connectivity index (χ4v) is 2.00. The minimum Gasteiger partial charge on any atom is -0.496 e. The second kappa shape index (κ2) is 5.79. The lowest BCUT2D eigenvalue weighted by atomic mass is 10.1. The second-order valence-electron chi connectivity index (χ2n) is 4.15. The quantitative estimate of drug-likeness (QED) is 0.673. The van der Waals surface area contributed by atoms with E-state index in [1.807, 2.05) is 0 Å². The van der Waals surface area contributed by atoms with Crippen LogP contribution in [0.1, 0.15) is 16.1 Å². The molecule has 0 aliphatic rings. The minimum atomic E-state index is -0.354. The van der Waals surface area contributed by atoms with Gasteiger partial charge in [-0.1, -0.05) is 17.7 Å². The van der Waals surface area contributed by atoms with Gasteiger partial charge in [0.15, 0.2) is 0 Å². The molecule has 20 heavy (non-hydrogen) atoms. The molecular formula is C14H14ClN3O2. The number of carbonyl (C=O) groups is 1. The summed E-state index contributed by atoms with van der Waals surface area (Å²) in [5.41, 5.74) is 7.68. The van der Waals surface area contributed by atoms with Crippen molar-refractivity contribution >= 4 is 28.9 Å². The van der Waals surface area contributed by atoms with Crippen molar-refractivity contribution in [3.63, 3.8) is 0 Å². The predicted molar refractivity (Wildman–Crippen MR) is 79.3 cm³/mol. The summed E-state index contributed by atoms with van der Waals surface area (Å²) in [6.07, 6.45) is 0. The van der Waals surface area contributed by atoms with Crippen molar-refractivity contribution in [2.45, 2.75) is 6.92 Å². The van der Waals surface area contributed by atoms with E-state index in [1.165, 1.54) is 7.11 Å². The number of hydrogen-bond acceptors (Lipinski definition) is 4. The smallest absolute Gasteiger partial charge is 0.261 e. The second-order valence-corrected chi connectivity index (χ2v) is 4.53. The zero-order valence-electron chi connectivity index (χ0n) is 11.1. The van der Waals surface area contributed by atoms with Gasteiger partial charge in [-0.25, -0.2) is 4.98 Å². The molecule has 0 atom stereocenters. The number of carbonyl (C=O) groups excluding carboxylic acids is 1. The Morgan fingerprint density at radius 2 is 2.10 bits per heavy atom. The lowest BCUT2D eigenvalue weighted by Gasteiger charge is -2.12. The summed E-state index contributed by atoms with van der Waals surface area (Å²) < 4.78 is 5.16. The number of nitrogens with one attached hydrogen (secondary N) is 1. The van der Waals surface area contributed by atoms with Gasteiger partial charge in [-0.2, -0.15) is 0 Å². The standard InChI is InChI=1S/C14H14ClN3O2/c1-8-10(6-7-12(15)17-8)18-14(19)13-9(16)4-3-5-11(13)20-2/h3-7H,16H2,1-2H3,(H,18,19). The highest BCUT2D eigenvalue weighted by atomic mass is 35.5. The number of nitrogens with two attached hydrogens (primary N) is 1. The third kappa shape index (κ3) is 2.83. The Kier molecular flexibility index (Phi) is 4.10. The highest BCUT2D eigenvalue weighted by Crippen LogP contribution is 2.26. The van der Waals surface area contributed by atoms with Gasteiger partial charge in [0, 0.05) is 5.69 Å². The van der Waals surface area contributed by atoms with Gasteiger partial charge in [0.05, 0.1) is 18.5 Å². The number of methoxy groups -OCH3 is 1. The Morgan fingerprint density at radius 1 is 1.35 bits per heavy atom. The van der Waals surface area contributed by atoms with Gasteiger partial charge in [-0.15, -0.1) is 0 Å². The SMILES string of the molecule is COc1cccc(N)c1C(=O)Nc1ccc(Cl)nc1C. The van der Waals surface area contributed by atoms with E-state index in [9.17, 15) is 4.79 Å². The summed E-state index contributed by atoms with van der Waals surface area (Å²) in [6, 6.07) is 8.34. The molecule has 2 aromatic rings. The number of amides is 1. The van der Waals surface area contributed by atoms with Gasteiger partial charge in [-0.3, -0.25) is 4.79 Å². The average Bonchev–Trinajstić information content (AvgIpc) is 2.41. The topological polar surface area (TPSA) is 77.2 Å². The molecule has 0 aliphatic heterocycles.